The summed E-state index contributed by atoms with van der Waals surface area (Å²) in [6, 6.07) is 0. The average Bonchev–Trinajstić information content (AvgIpc) is 2.19. The second-order valence-electron chi connectivity index (χ2n) is 3.88. The summed E-state index contributed by atoms with van der Waals surface area (Å²) >= 11 is 5.92. The number of halogens is 1. The van der Waals surface area contributed by atoms with Crippen molar-refractivity contribution in [2.45, 2.75) is 51.0 Å². The van der Waals surface area contributed by atoms with E-state index >= 15 is 0 Å². The first-order valence-corrected chi connectivity index (χ1v) is 5.63. The SMILES string of the molecule is CCC(=O)NC1(CCl)CCCCC1. The minimum atomic E-state index is -0.0904. The minimum Gasteiger partial charge on any atom is -0.349 e. The Kier molecular flexibility index (Phi) is 4.04. The van der Waals surface area contributed by atoms with Gasteiger partial charge in [-0.3, -0.25) is 4.79 Å². The zero-order valence-electron chi connectivity index (χ0n) is 8.24. The van der Waals surface area contributed by atoms with Gasteiger partial charge in [0.1, 0.15) is 0 Å². The molecule has 1 N–H and O–H groups in total. The molecule has 1 amide bonds. The zero-order valence-corrected chi connectivity index (χ0v) is 8.99. The maximum atomic E-state index is 11.3. The number of carbonyl (C=O) groups is 1. The Morgan fingerprint density at radius 3 is 2.46 bits per heavy atom. The summed E-state index contributed by atoms with van der Waals surface area (Å²) in [5.41, 5.74) is -0.0904. The largest absolute Gasteiger partial charge is 0.349 e. The van der Waals surface area contributed by atoms with Gasteiger partial charge in [0.05, 0.1) is 5.54 Å². The molecule has 1 fully saturated rings. The molecule has 0 aliphatic heterocycles. The third-order valence-electron chi connectivity index (χ3n) is 2.79. The van der Waals surface area contributed by atoms with Gasteiger partial charge in [0.15, 0.2) is 0 Å². The van der Waals surface area contributed by atoms with Crippen LogP contribution in [0, 0.1) is 0 Å². The molecule has 76 valence electrons. The van der Waals surface area contributed by atoms with Crippen LogP contribution >= 0.6 is 11.6 Å². The highest BCUT2D eigenvalue weighted by Crippen LogP contribution is 2.29. The van der Waals surface area contributed by atoms with E-state index < -0.39 is 0 Å². The molecule has 2 nitrogen and oxygen atoms in total. The lowest BCUT2D eigenvalue weighted by Gasteiger charge is -2.36. The quantitative estimate of drug-likeness (QED) is 0.702. The van der Waals surface area contributed by atoms with E-state index in [-0.39, 0.29) is 11.4 Å². The summed E-state index contributed by atoms with van der Waals surface area (Å²) < 4.78 is 0. The molecule has 0 aromatic carbocycles. The molecule has 1 rings (SSSR count). The lowest BCUT2D eigenvalue weighted by Crippen LogP contribution is -2.51. The maximum absolute atomic E-state index is 11.3. The Morgan fingerprint density at radius 1 is 1.38 bits per heavy atom. The molecule has 1 aliphatic rings. The summed E-state index contributed by atoms with van der Waals surface area (Å²) in [7, 11) is 0. The van der Waals surface area contributed by atoms with Gasteiger partial charge in [-0.05, 0) is 12.8 Å². The van der Waals surface area contributed by atoms with Crippen molar-refractivity contribution in [1.82, 2.24) is 5.32 Å². The Hall–Kier alpha value is -0.240. The third kappa shape index (κ3) is 2.87. The van der Waals surface area contributed by atoms with Crippen LogP contribution in [0.4, 0.5) is 0 Å². The number of rotatable bonds is 3. The van der Waals surface area contributed by atoms with Crippen LogP contribution in [0.2, 0.25) is 0 Å². The number of amides is 1. The van der Waals surface area contributed by atoms with Crippen molar-refractivity contribution in [3.63, 3.8) is 0 Å². The Labute approximate surface area is 85.0 Å². The maximum Gasteiger partial charge on any atom is 0.220 e. The zero-order chi connectivity index (χ0) is 9.73. The molecule has 3 heteroatoms. The highest BCUT2D eigenvalue weighted by Gasteiger charge is 2.31. The van der Waals surface area contributed by atoms with Crippen molar-refractivity contribution in [2.24, 2.45) is 0 Å². The van der Waals surface area contributed by atoms with E-state index in [1.165, 1.54) is 19.3 Å². The number of nitrogens with one attached hydrogen (secondary N) is 1. The van der Waals surface area contributed by atoms with Crippen molar-refractivity contribution in [1.29, 1.82) is 0 Å². The standard InChI is InChI=1S/C10H18ClNO/c1-2-9(13)12-10(8-11)6-4-3-5-7-10/h2-8H2,1H3,(H,12,13). The predicted molar refractivity (Wildman–Crippen MR) is 55.0 cm³/mol. The molecule has 1 aliphatic carbocycles. The topological polar surface area (TPSA) is 29.1 Å². The molecule has 0 spiro atoms. The van der Waals surface area contributed by atoms with Gasteiger partial charge in [-0.15, -0.1) is 11.6 Å². The summed E-state index contributed by atoms with van der Waals surface area (Å²) in [5.74, 6) is 0.682. The second kappa shape index (κ2) is 4.85. The summed E-state index contributed by atoms with van der Waals surface area (Å²) in [4.78, 5) is 11.3. The number of carbonyl (C=O) groups excluding carboxylic acids is 1. The normalized spacial score (nSPS) is 21.1. The van der Waals surface area contributed by atoms with E-state index in [2.05, 4.69) is 5.32 Å². The van der Waals surface area contributed by atoms with Gasteiger partial charge in [-0.25, -0.2) is 0 Å². The fourth-order valence-corrected chi connectivity index (χ4v) is 2.24. The van der Waals surface area contributed by atoms with Gasteiger partial charge in [0.2, 0.25) is 5.91 Å². The molecule has 13 heavy (non-hydrogen) atoms. The van der Waals surface area contributed by atoms with Crippen LogP contribution in [0.1, 0.15) is 45.4 Å². The van der Waals surface area contributed by atoms with Gasteiger partial charge in [0, 0.05) is 12.3 Å². The first kappa shape index (κ1) is 10.8. The van der Waals surface area contributed by atoms with Crippen molar-refractivity contribution in [3.05, 3.63) is 0 Å². The van der Waals surface area contributed by atoms with Crippen molar-refractivity contribution < 1.29 is 4.79 Å². The van der Waals surface area contributed by atoms with E-state index in [0.717, 1.165) is 12.8 Å². The highest BCUT2D eigenvalue weighted by atomic mass is 35.5. The number of hydrogen-bond donors (Lipinski definition) is 1. The first-order valence-electron chi connectivity index (χ1n) is 5.09. The van der Waals surface area contributed by atoms with Gasteiger partial charge in [0.25, 0.3) is 0 Å². The van der Waals surface area contributed by atoms with Gasteiger partial charge >= 0.3 is 0 Å². The first-order chi connectivity index (χ1) is 6.22. The van der Waals surface area contributed by atoms with Crippen molar-refractivity contribution in [2.75, 3.05) is 5.88 Å². The second-order valence-corrected chi connectivity index (χ2v) is 4.14. The van der Waals surface area contributed by atoms with Gasteiger partial charge < -0.3 is 5.32 Å². The Morgan fingerprint density at radius 2 is 2.00 bits per heavy atom. The molecule has 0 heterocycles. The van der Waals surface area contributed by atoms with Crippen LogP contribution in [0.15, 0.2) is 0 Å². The fourth-order valence-electron chi connectivity index (χ4n) is 1.90. The van der Waals surface area contributed by atoms with Crippen LogP contribution in [-0.4, -0.2) is 17.3 Å². The van der Waals surface area contributed by atoms with E-state index in [0.29, 0.717) is 12.3 Å². The predicted octanol–water partition coefficient (Wildman–Crippen LogP) is 2.45. The van der Waals surface area contributed by atoms with Crippen LogP contribution < -0.4 is 5.32 Å². The lowest BCUT2D eigenvalue weighted by atomic mass is 9.83. The smallest absolute Gasteiger partial charge is 0.220 e. The summed E-state index contributed by atoms with van der Waals surface area (Å²) in [6.07, 6.45) is 6.30. The van der Waals surface area contributed by atoms with Gasteiger partial charge in [-0.1, -0.05) is 26.2 Å². The van der Waals surface area contributed by atoms with Crippen molar-refractivity contribution in [3.8, 4) is 0 Å². The van der Waals surface area contributed by atoms with Crippen LogP contribution in [-0.2, 0) is 4.79 Å². The molecule has 0 atom stereocenters. The van der Waals surface area contributed by atoms with Gasteiger partial charge in [-0.2, -0.15) is 0 Å². The summed E-state index contributed by atoms with van der Waals surface area (Å²) in [5, 5.41) is 3.06. The molecular weight excluding hydrogens is 186 g/mol. The molecule has 0 radical (unpaired) electrons. The summed E-state index contributed by atoms with van der Waals surface area (Å²) in [6.45, 7) is 1.88. The number of alkyl halides is 1. The molecular formula is C10H18ClNO. The van der Waals surface area contributed by atoms with Crippen LogP contribution in [0.25, 0.3) is 0 Å². The van der Waals surface area contributed by atoms with Crippen LogP contribution in [0.3, 0.4) is 0 Å². The number of hydrogen-bond acceptors (Lipinski definition) is 1. The Bertz CT molecular complexity index is 176. The van der Waals surface area contributed by atoms with E-state index in [1.807, 2.05) is 6.92 Å². The average molecular weight is 204 g/mol. The van der Waals surface area contributed by atoms with Crippen LogP contribution in [0.5, 0.6) is 0 Å². The molecule has 0 aromatic heterocycles. The molecule has 0 bridgehead atoms. The molecule has 0 unspecified atom stereocenters. The lowest BCUT2D eigenvalue weighted by molar-refractivity contribution is -0.122. The van der Waals surface area contributed by atoms with E-state index in [4.69, 9.17) is 11.6 Å². The molecule has 1 saturated carbocycles. The van der Waals surface area contributed by atoms with Crippen molar-refractivity contribution >= 4 is 17.5 Å². The van der Waals surface area contributed by atoms with E-state index in [1.54, 1.807) is 0 Å². The minimum absolute atomic E-state index is 0.0904. The highest BCUT2D eigenvalue weighted by molar-refractivity contribution is 6.18. The van der Waals surface area contributed by atoms with E-state index in [9.17, 15) is 4.79 Å². The Balaban J connectivity index is 2.52. The molecule has 0 saturated heterocycles. The third-order valence-corrected chi connectivity index (χ3v) is 3.30. The monoisotopic (exact) mass is 203 g/mol. The fraction of sp³-hybridized carbons (Fsp3) is 0.900. The molecule has 0 aromatic rings.